The largest absolute Gasteiger partial charge is 0.305 e. The molecule has 0 radical (unpaired) electrons. The predicted octanol–water partition coefficient (Wildman–Crippen LogP) is 3.49. The Hall–Kier alpha value is -3.02. The lowest BCUT2D eigenvalue weighted by atomic mass is 10.2. The van der Waals surface area contributed by atoms with Gasteiger partial charge in [-0.1, -0.05) is 39.3 Å². The van der Waals surface area contributed by atoms with E-state index in [0.717, 1.165) is 19.6 Å². The Kier molecular flexibility index (Phi) is 5.18. The SMILES string of the molecule is C#CCn1c(=NC(=O)c2cccc(N3C(=O)CCC3=O)c2)sc2cc(Br)ccc21. The Morgan fingerprint density at radius 1 is 1.17 bits per heavy atom. The van der Waals surface area contributed by atoms with Gasteiger partial charge in [0.1, 0.15) is 0 Å². The number of aromatic nitrogens is 1. The molecule has 2 aromatic carbocycles. The zero-order valence-corrected chi connectivity index (χ0v) is 17.5. The highest BCUT2D eigenvalue weighted by molar-refractivity contribution is 9.10. The summed E-state index contributed by atoms with van der Waals surface area (Å²) in [7, 11) is 0. The standard InChI is InChI=1S/C21H14BrN3O3S/c1-2-10-24-16-7-6-14(22)12-17(16)29-21(24)23-20(28)13-4-3-5-15(11-13)25-18(26)8-9-19(25)27/h1,3-7,11-12H,8-10H2. The smallest absolute Gasteiger partial charge is 0.279 e. The number of carbonyl (C=O) groups is 3. The van der Waals surface area contributed by atoms with Gasteiger partial charge >= 0.3 is 0 Å². The topological polar surface area (TPSA) is 71.7 Å². The molecule has 3 aromatic rings. The molecule has 0 unspecified atom stereocenters. The molecule has 0 saturated carbocycles. The number of hydrogen-bond acceptors (Lipinski definition) is 4. The van der Waals surface area contributed by atoms with Crippen molar-refractivity contribution in [1.82, 2.24) is 4.57 Å². The molecule has 6 nitrogen and oxygen atoms in total. The Balaban J connectivity index is 1.76. The summed E-state index contributed by atoms with van der Waals surface area (Å²) < 4.78 is 3.68. The average molecular weight is 468 g/mol. The van der Waals surface area contributed by atoms with Gasteiger partial charge in [-0.2, -0.15) is 4.99 Å². The summed E-state index contributed by atoms with van der Waals surface area (Å²) in [6, 6.07) is 12.2. The summed E-state index contributed by atoms with van der Waals surface area (Å²) in [5.41, 5.74) is 1.57. The van der Waals surface area contributed by atoms with Crippen LogP contribution in [0.15, 0.2) is 51.9 Å². The van der Waals surface area contributed by atoms with Crippen molar-refractivity contribution in [3.05, 3.63) is 57.3 Å². The maximum absolute atomic E-state index is 12.8. The molecule has 0 bridgehead atoms. The van der Waals surface area contributed by atoms with Crippen LogP contribution in [0, 0.1) is 12.3 Å². The highest BCUT2D eigenvalue weighted by Gasteiger charge is 2.30. The fourth-order valence-electron chi connectivity index (χ4n) is 3.17. The summed E-state index contributed by atoms with van der Waals surface area (Å²) in [6.07, 6.45) is 5.87. The number of halogens is 1. The summed E-state index contributed by atoms with van der Waals surface area (Å²) >= 11 is 4.81. The number of thiazole rings is 1. The van der Waals surface area contributed by atoms with E-state index in [-0.39, 0.29) is 31.2 Å². The molecule has 4 rings (SSSR count). The predicted molar refractivity (Wildman–Crippen MR) is 114 cm³/mol. The second kappa shape index (κ2) is 7.78. The third-order valence-electron chi connectivity index (χ3n) is 4.49. The van der Waals surface area contributed by atoms with Gasteiger partial charge in [0.25, 0.3) is 5.91 Å². The van der Waals surface area contributed by atoms with Crippen molar-refractivity contribution >= 4 is 60.9 Å². The normalized spacial score (nSPS) is 14.6. The van der Waals surface area contributed by atoms with E-state index in [1.54, 1.807) is 18.2 Å². The highest BCUT2D eigenvalue weighted by Crippen LogP contribution is 2.24. The van der Waals surface area contributed by atoms with E-state index in [1.165, 1.54) is 17.4 Å². The molecular formula is C21H14BrN3O3S. The molecule has 0 atom stereocenters. The zero-order valence-electron chi connectivity index (χ0n) is 15.1. The minimum atomic E-state index is -0.470. The van der Waals surface area contributed by atoms with E-state index in [1.807, 2.05) is 22.8 Å². The van der Waals surface area contributed by atoms with E-state index in [2.05, 4.69) is 26.8 Å². The number of imide groups is 1. The lowest BCUT2D eigenvalue weighted by Crippen LogP contribution is -2.28. The van der Waals surface area contributed by atoms with E-state index in [4.69, 9.17) is 6.42 Å². The number of benzene rings is 2. The number of hydrogen-bond donors (Lipinski definition) is 0. The molecular weight excluding hydrogens is 454 g/mol. The van der Waals surface area contributed by atoms with Gasteiger partial charge in [0.2, 0.25) is 11.8 Å². The first-order valence-corrected chi connectivity index (χ1v) is 10.4. The second-order valence-corrected chi connectivity index (χ2v) is 8.30. The summed E-state index contributed by atoms with van der Waals surface area (Å²) in [5.74, 6) is 1.59. The van der Waals surface area contributed by atoms with Crippen LogP contribution in [-0.2, 0) is 16.1 Å². The molecule has 29 heavy (non-hydrogen) atoms. The Bertz CT molecular complexity index is 1270. The lowest BCUT2D eigenvalue weighted by molar-refractivity contribution is -0.121. The van der Waals surface area contributed by atoms with Gasteiger partial charge < -0.3 is 4.57 Å². The van der Waals surface area contributed by atoms with E-state index in [9.17, 15) is 14.4 Å². The Labute approximate surface area is 178 Å². The molecule has 1 fully saturated rings. The van der Waals surface area contributed by atoms with E-state index < -0.39 is 5.91 Å². The molecule has 2 heterocycles. The Morgan fingerprint density at radius 2 is 1.93 bits per heavy atom. The average Bonchev–Trinajstić information content (AvgIpc) is 3.21. The van der Waals surface area contributed by atoms with Crippen LogP contribution in [0.4, 0.5) is 5.69 Å². The number of terminal acetylenes is 1. The van der Waals surface area contributed by atoms with E-state index in [0.29, 0.717) is 16.1 Å². The van der Waals surface area contributed by atoms with Gasteiger partial charge in [0, 0.05) is 22.9 Å². The van der Waals surface area contributed by atoms with Crippen LogP contribution in [-0.4, -0.2) is 22.3 Å². The first-order valence-electron chi connectivity index (χ1n) is 8.75. The fourth-order valence-corrected chi connectivity index (χ4v) is 4.75. The summed E-state index contributed by atoms with van der Waals surface area (Å²) in [4.78, 5) is 42.6. The number of rotatable bonds is 3. The number of carbonyl (C=O) groups excluding carboxylic acids is 3. The molecule has 1 aliphatic rings. The quantitative estimate of drug-likeness (QED) is 0.437. The summed E-state index contributed by atoms with van der Waals surface area (Å²) in [5, 5.41) is 0. The molecule has 1 aromatic heterocycles. The molecule has 3 amide bonds. The third-order valence-corrected chi connectivity index (χ3v) is 6.03. The van der Waals surface area contributed by atoms with Crippen LogP contribution < -0.4 is 9.70 Å². The van der Waals surface area contributed by atoms with Crippen molar-refractivity contribution in [2.75, 3.05) is 4.90 Å². The highest BCUT2D eigenvalue weighted by atomic mass is 79.9. The maximum atomic E-state index is 12.8. The lowest BCUT2D eigenvalue weighted by Gasteiger charge is -2.14. The van der Waals surface area contributed by atoms with Crippen molar-refractivity contribution in [3.63, 3.8) is 0 Å². The molecule has 1 aliphatic heterocycles. The van der Waals surface area contributed by atoms with Crippen LogP contribution in [0.1, 0.15) is 23.2 Å². The molecule has 8 heteroatoms. The second-order valence-electron chi connectivity index (χ2n) is 6.38. The van der Waals surface area contributed by atoms with Crippen molar-refractivity contribution < 1.29 is 14.4 Å². The van der Waals surface area contributed by atoms with E-state index >= 15 is 0 Å². The minimum absolute atomic E-state index is 0.185. The van der Waals surface area contributed by atoms with Crippen LogP contribution in [0.2, 0.25) is 0 Å². The van der Waals surface area contributed by atoms with Gasteiger partial charge in [-0.3, -0.25) is 19.3 Å². The zero-order chi connectivity index (χ0) is 20.5. The summed E-state index contributed by atoms with van der Waals surface area (Å²) in [6.45, 7) is 0.282. The monoisotopic (exact) mass is 467 g/mol. The van der Waals surface area contributed by atoms with Crippen LogP contribution in [0.5, 0.6) is 0 Å². The van der Waals surface area contributed by atoms with Gasteiger partial charge in [0.15, 0.2) is 4.80 Å². The molecule has 0 aliphatic carbocycles. The fraction of sp³-hybridized carbons (Fsp3) is 0.143. The van der Waals surface area contributed by atoms with Crippen molar-refractivity contribution in [2.24, 2.45) is 4.99 Å². The number of amides is 3. The molecule has 0 N–H and O–H groups in total. The molecule has 0 spiro atoms. The van der Waals surface area contributed by atoms with Crippen LogP contribution in [0.25, 0.3) is 10.2 Å². The van der Waals surface area contributed by atoms with Gasteiger partial charge in [0.05, 0.1) is 22.4 Å². The Morgan fingerprint density at radius 3 is 2.66 bits per heavy atom. The van der Waals surface area contributed by atoms with Gasteiger partial charge in [-0.15, -0.1) is 6.42 Å². The van der Waals surface area contributed by atoms with Crippen LogP contribution in [0.3, 0.4) is 0 Å². The van der Waals surface area contributed by atoms with Crippen molar-refractivity contribution in [2.45, 2.75) is 19.4 Å². The number of anilines is 1. The maximum Gasteiger partial charge on any atom is 0.279 e. The first kappa shape index (κ1) is 19.3. The molecule has 144 valence electrons. The van der Waals surface area contributed by atoms with Crippen molar-refractivity contribution in [3.8, 4) is 12.3 Å². The number of fused-ring (bicyclic) bond motifs is 1. The van der Waals surface area contributed by atoms with Crippen molar-refractivity contribution in [1.29, 1.82) is 0 Å². The van der Waals surface area contributed by atoms with Gasteiger partial charge in [-0.05, 0) is 36.4 Å². The molecule has 1 saturated heterocycles. The van der Waals surface area contributed by atoms with Gasteiger partial charge in [-0.25, -0.2) is 0 Å². The van der Waals surface area contributed by atoms with Crippen LogP contribution >= 0.6 is 27.3 Å². The minimum Gasteiger partial charge on any atom is -0.305 e. The number of nitrogens with zero attached hydrogens (tertiary/aromatic N) is 3. The first-order chi connectivity index (χ1) is 14.0. The third kappa shape index (κ3) is 3.67.